The minimum absolute atomic E-state index is 0.223. The molecule has 0 atom stereocenters. The second-order valence-corrected chi connectivity index (χ2v) is 4.53. The maximum absolute atomic E-state index is 11.7. The number of anilines is 1. The van der Waals surface area contributed by atoms with Crippen LogP contribution in [0.4, 0.5) is 5.82 Å². The van der Waals surface area contributed by atoms with Crippen LogP contribution in [0.2, 0.25) is 0 Å². The second-order valence-electron chi connectivity index (χ2n) is 3.21. The molecule has 0 radical (unpaired) electrons. The fourth-order valence-electron chi connectivity index (χ4n) is 1.43. The number of hydrogen-bond donors (Lipinski definition) is 3. The molecule has 0 spiro atoms. The molecular weight excluding hydrogens is 290 g/mol. The SMILES string of the molecule is Nc1[nH]c(=S)[nH]c(=O)c1-c1cccc(Br)c1. The van der Waals surface area contributed by atoms with Crippen molar-refractivity contribution in [3.05, 3.63) is 43.9 Å². The van der Waals surface area contributed by atoms with Crippen LogP contribution in [0, 0.1) is 4.77 Å². The average molecular weight is 298 g/mol. The van der Waals surface area contributed by atoms with Crippen molar-refractivity contribution in [3.63, 3.8) is 0 Å². The zero-order valence-corrected chi connectivity index (χ0v) is 10.5. The normalized spacial score (nSPS) is 10.3. The molecule has 0 saturated carbocycles. The maximum atomic E-state index is 11.7. The first-order chi connectivity index (χ1) is 7.58. The predicted octanol–water partition coefficient (Wildman–Crippen LogP) is 2.44. The van der Waals surface area contributed by atoms with Gasteiger partial charge in [0.25, 0.3) is 5.56 Å². The van der Waals surface area contributed by atoms with Gasteiger partial charge in [-0.3, -0.25) is 9.78 Å². The smallest absolute Gasteiger partial charge is 0.261 e. The molecule has 1 aromatic carbocycles. The molecule has 0 aliphatic heterocycles. The molecule has 0 bridgehead atoms. The highest BCUT2D eigenvalue weighted by atomic mass is 79.9. The third kappa shape index (κ3) is 2.07. The topological polar surface area (TPSA) is 74.7 Å². The van der Waals surface area contributed by atoms with Crippen LogP contribution in [-0.4, -0.2) is 9.97 Å². The third-order valence-electron chi connectivity index (χ3n) is 2.08. The Kier molecular flexibility index (Phi) is 2.93. The summed E-state index contributed by atoms with van der Waals surface area (Å²) in [7, 11) is 0. The van der Waals surface area contributed by atoms with Gasteiger partial charge in [-0.2, -0.15) is 0 Å². The van der Waals surface area contributed by atoms with E-state index >= 15 is 0 Å². The van der Waals surface area contributed by atoms with Gasteiger partial charge >= 0.3 is 0 Å². The van der Waals surface area contributed by atoms with E-state index in [2.05, 4.69) is 25.9 Å². The van der Waals surface area contributed by atoms with E-state index in [4.69, 9.17) is 18.0 Å². The number of aromatic amines is 2. The van der Waals surface area contributed by atoms with E-state index in [0.29, 0.717) is 5.56 Å². The summed E-state index contributed by atoms with van der Waals surface area (Å²) in [6, 6.07) is 7.33. The molecule has 2 rings (SSSR count). The minimum Gasteiger partial charge on any atom is -0.385 e. The first-order valence-corrected chi connectivity index (χ1v) is 5.66. The van der Waals surface area contributed by atoms with Gasteiger partial charge in [0, 0.05) is 4.47 Å². The third-order valence-corrected chi connectivity index (χ3v) is 2.78. The van der Waals surface area contributed by atoms with Crippen LogP contribution in [0.5, 0.6) is 0 Å². The molecule has 0 aliphatic carbocycles. The standard InChI is InChI=1S/C10H8BrN3OS/c11-6-3-1-2-5(4-6)7-8(12)13-10(16)14-9(7)15/h1-4H,(H4,12,13,14,15,16). The molecule has 0 fully saturated rings. The Bertz CT molecular complexity index is 647. The lowest BCUT2D eigenvalue weighted by atomic mass is 10.1. The van der Waals surface area contributed by atoms with Crippen molar-refractivity contribution in [2.24, 2.45) is 0 Å². The van der Waals surface area contributed by atoms with Gasteiger partial charge in [0.15, 0.2) is 4.77 Å². The quantitative estimate of drug-likeness (QED) is 0.708. The maximum Gasteiger partial charge on any atom is 0.261 e. The van der Waals surface area contributed by atoms with Gasteiger partial charge in [-0.15, -0.1) is 0 Å². The van der Waals surface area contributed by atoms with Crippen molar-refractivity contribution in [2.45, 2.75) is 0 Å². The minimum atomic E-state index is -0.292. The molecule has 4 nitrogen and oxygen atoms in total. The molecule has 2 aromatic rings. The van der Waals surface area contributed by atoms with Crippen LogP contribution >= 0.6 is 28.1 Å². The molecule has 1 aromatic heterocycles. The summed E-state index contributed by atoms with van der Waals surface area (Å²) in [5, 5.41) is 0. The largest absolute Gasteiger partial charge is 0.385 e. The number of nitrogens with two attached hydrogens (primary N) is 1. The van der Waals surface area contributed by atoms with Crippen molar-refractivity contribution < 1.29 is 0 Å². The van der Waals surface area contributed by atoms with Crippen LogP contribution in [0.1, 0.15) is 0 Å². The van der Waals surface area contributed by atoms with Crippen molar-refractivity contribution in [2.75, 3.05) is 5.73 Å². The number of halogens is 1. The Morgan fingerprint density at radius 2 is 2.06 bits per heavy atom. The van der Waals surface area contributed by atoms with E-state index in [1.54, 1.807) is 0 Å². The van der Waals surface area contributed by atoms with Crippen molar-refractivity contribution in [3.8, 4) is 11.1 Å². The lowest BCUT2D eigenvalue weighted by molar-refractivity contribution is 1.10. The van der Waals surface area contributed by atoms with Gasteiger partial charge in [0.2, 0.25) is 0 Å². The van der Waals surface area contributed by atoms with Crippen molar-refractivity contribution >= 4 is 34.0 Å². The zero-order chi connectivity index (χ0) is 11.7. The van der Waals surface area contributed by atoms with Gasteiger partial charge in [0.05, 0.1) is 5.56 Å². The summed E-state index contributed by atoms with van der Waals surface area (Å²) < 4.78 is 1.10. The first kappa shape index (κ1) is 11.1. The number of rotatable bonds is 1. The molecule has 16 heavy (non-hydrogen) atoms. The summed E-state index contributed by atoms with van der Waals surface area (Å²) in [5.41, 5.74) is 6.59. The molecular formula is C10H8BrN3OS. The monoisotopic (exact) mass is 297 g/mol. The molecule has 82 valence electrons. The Hall–Kier alpha value is -1.40. The molecule has 4 N–H and O–H groups in total. The first-order valence-electron chi connectivity index (χ1n) is 4.46. The van der Waals surface area contributed by atoms with E-state index in [0.717, 1.165) is 10.0 Å². The highest BCUT2D eigenvalue weighted by Gasteiger charge is 2.08. The second kappa shape index (κ2) is 4.23. The van der Waals surface area contributed by atoms with Crippen LogP contribution < -0.4 is 11.3 Å². The zero-order valence-electron chi connectivity index (χ0n) is 8.08. The van der Waals surface area contributed by atoms with Crippen LogP contribution in [0.15, 0.2) is 33.5 Å². The molecule has 0 amide bonds. The lowest BCUT2D eigenvalue weighted by Crippen LogP contribution is -2.13. The highest BCUT2D eigenvalue weighted by Crippen LogP contribution is 2.23. The Morgan fingerprint density at radius 3 is 2.69 bits per heavy atom. The van der Waals surface area contributed by atoms with Gasteiger partial charge in [0.1, 0.15) is 5.82 Å². The van der Waals surface area contributed by atoms with E-state index in [1.807, 2.05) is 24.3 Å². The number of nitrogens with one attached hydrogen (secondary N) is 2. The summed E-state index contributed by atoms with van der Waals surface area (Å²) in [4.78, 5) is 17.0. The average Bonchev–Trinajstić information content (AvgIpc) is 2.15. The summed E-state index contributed by atoms with van der Waals surface area (Å²) in [6.07, 6.45) is 0. The summed E-state index contributed by atoms with van der Waals surface area (Å²) >= 11 is 8.16. The predicted molar refractivity (Wildman–Crippen MR) is 69.8 cm³/mol. The van der Waals surface area contributed by atoms with E-state index in [-0.39, 0.29) is 16.1 Å². The summed E-state index contributed by atoms with van der Waals surface area (Å²) in [6.45, 7) is 0. The fraction of sp³-hybridized carbons (Fsp3) is 0. The Labute approximate surface area is 105 Å². The van der Waals surface area contributed by atoms with Crippen LogP contribution in [0.25, 0.3) is 11.1 Å². The lowest BCUT2D eigenvalue weighted by Gasteiger charge is -2.04. The van der Waals surface area contributed by atoms with Gasteiger partial charge in [-0.25, -0.2) is 0 Å². The Morgan fingerprint density at radius 1 is 1.31 bits per heavy atom. The number of aromatic nitrogens is 2. The molecule has 6 heteroatoms. The number of benzene rings is 1. The molecule has 0 aliphatic rings. The van der Waals surface area contributed by atoms with Crippen molar-refractivity contribution in [1.82, 2.24) is 9.97 Å². The van der Waals surface area contributed by atoms with Gasteiger partial charge in [-0.1, -0.05) is 28.1 Å². The van der Waals surface area contributed by atoms with Crippen LogP contribution in [-0.2, 0) is 0 Å². The van der Waals surface area contributed by atoms with Crippen molar-refractivity contribution in [1.29, 1.82) is 0 Å². The molecule has 0 saturated heterocycles. The van der Waals surface area contributed by atoms with Crippen LogP contribution in [0.3, 0.4) is 0 Å². The van der Waals surface area contributed by atoms with Gasteiger partial charge < -0.3 is 10.7 Å². The number of hydrogen-bond acceptors (Lipinski definition) is 3. The van der Waals surface area contributed by atoms with E-state index in [1.165, 1.54) is 0 Å². The number of H-pyrrole nitrogens is 2. The Balaban J connectivity index is 2.74. The number of nitrogen functional groups attached to an aromatic ring is 1. The molecule has 0 unspecified atom stereocenters. The van der Waals surface area contributed by atoms with E-state index < -0.39 is 0 Å². The van der Waals surface area contributed by atoms with E-state index in [9.17, 15) is 4.79 Å². The highest BCUT2D eigenvalue weighted by molar-refractivity contribution is 9.10. The summed E-state index contributed by atoms with van der Waals surface area (Å²) in [5.74, 6) is 0.270. The molecule has 1 heterocycles. The van der Waals surface area contributed by atoms with Gasteiger partial charge in [-0.05, 0) is 29.9 Å². The fourth-order valence-corrected chi connectivity index (χ4v) is 2.04.